The van der Waals surface area contributed by atoms with Gasteiger partial charge in [-0.1, -0.05) is 23.2 Å². The normalized spacial score (nSPS) is 10.5. The molecule has 0 unspecified atom stereocenters. The molecule has 0 aliphatic carbocycles. The second kappa shape index (κ2) is 5.38. The van der Waals surface area contributed by atoms with E-state index in [9.17, 15) is 0 Å². The quantitative estimate of drug-likeness (QED) is 0.855. The van der Waals surface area contributed by atoms with Gasteiger partial charge >= 0.3 is 0 Å². The van der Waals surface area contributed by atoms with E-state index in [2.05, 4.69) is 10.2 Å². The van der Waals surface area contributed by atoms with Crippen molar-refractivity contribution in [1.29, 1.82) is 0 Å². The minimum atomic E-state index is 0.322. The number of aromatic nitrogens is 2. The maximum Gasteiger partial charge on any atom is 0.175 e. The Bertz CT molecular complexity index is 487. The van der Waals surface area contributed by atoms with Crippen molar-refractivity contribution in [2.75, 3.05) is 11.4 Å². The molecule has 2 aromatic heterocycles. The van der Waals surface area contributed by atoms with Gasteiger partial charge in [-0.05, 0) is 19.1 Å². The molecule has 0 fully saturated rings. The summed E-state index contributed by atoms with van der Waals surface area (Å²) >= 11 is 11.8. The van der Waals surface area contributed by atoms with Gasteiger partial charge in [-0.15, -0.1) is 10.2 Å². The van der Waals surface area contributed by atoms with E-state index in [-0.39, 0.29) is 0 Å². The molecule has 2 heterocycles. The van der Waals surface area contributed by atoms with Crippen LogP contribution in [0, 0.1) is 0 Å². The Morgan fingerprint density at radius 3 is 2.82 bits per heavy atom. The number of hydrogen-bond acceptors (Lipinski definition) is 4. The zero-order chi connectivity index (χ0) is 12.3. The zero-order valence-corrected chi connectivity index (χ0v) is 10.7. The van der Waals surface area contributed by atoms with E-state index in [1.165, 1.54) is 0 Å². The molecule has 90 valence electrons. The van der Waals surface area contributed by atoms with Gasteiger partial charge in [-0.3, -0.25) is 0 Å². The van der Waals surface area contributed by atoms with Crippen molar-refractivity contribution in [3.63, 3.8) is 0 Å². The van der Waals surface area contributed by atoms with Crippen molar-refractivity contribution in [3.8, 4) is 0 Å². The van der Waals surface area contributed by atoms with Gasteiger partial charge in [0.2, 0.25) is 0 Å². The molecular weight excluding hydrogens is 261 g/mol. The maximum absolute atomic E-state index is 6.01. The maximum atomic E-state index is 6.01. The molecule has 2 rings (SSSR count). The number of nitrogens with zero attached hydrogens (tertiary/aromatic N) is 3. The zero-order valence-electron chi connectivity index (χ0n) is 9.23. The van der Waals surface area contributed by atoms with E-state index >= 15 is 0 Å². The standard InChI is InChI=1S/C11H11Cl2N3O/c1-2-16(7-8-4-3-5-17-8)9-6-10(12)14-15-11(9)13/h3-6H,2,7H2,1H3. The molecule has 0 bridgehead atoms. The number of rotatable bonds is 4. The average molecular weight is 272 g/mol. The van der Waals surface area contributed by atoms with E-state index < -0.39 is 0 Å². The smallest absolute Gasteiger partial charge is 0.175 e. The van der Waals surface area contributed by atoms with Crippen LogP contribution in [0.1, 0.15) is 12.7 Å². The highest BCUT2D eigenvalue weighted by atomic mass is 35.5. The van der Waals surface area contributed by atoms with Crippen molar-refractivity contribution in [3.05, 3.63) is 40.5 Å². The molecule has 2 aromatic rings. The molecule has 0 aliphatic rings. The average Bonchev–Trinajstić information content (AvgIpc) is 2.82. The number of furan rings is 1. The van der Waals surface area contributed by atoms with Crippen molar-refractivity contribution >= 4 is 28.9 Å². The summed E-state index contributed by atoms with van der Waals surface area (Å²) < 4.78 is 5.30. The molecule has 4 nitrogen and oxygen atoms in total. The van der Waals surface area contributed by atoms with Gasteiger partial charge in [-0.2, -0.15) is 0 Å². The highest BCUT2D eigenvalue weighted by molar-refractivity contribution is 6.33. The minimum absolute atomic E-state index is 0.322. The van der Waals surface area contributed by atoms with E-state index in [4.69, 9.17) is 27.6 Å². The summed E-state index contributed by atoms with van der Waals surface area (Å²) in [6.07, 6.45) is 1.64. The lowest BCUT2D eigenvalue weighted by atomic mass is 10.3. The third-order valence-electron chi connectivity index (χ3n) is 2.35. The summed E-state index contributed by atoms with van der Waals surface area (Å²) in [5, 5.41) is 8.13. The molecule has 0 saturated heterocycles. The van der Waals surface area contributed by atoms with Crippen LogP contribution >= 0.6 is 23.2 Å². The number of halogens is 2. The van der Waals surface area contributed by atoms with Gasteiger partial charge in [0.25, 0.3) is 0 Å². The molecule has 0 saturated carbocycles. The van der Waals surface area contributed by atoms with Crippen LogP contribution in [0.3, 0.4) is 0 Å². The first-order valence-corrected chi connectivity index (χ1v) is 5.92. The van der Waals surface area contributed by atoms with E-state index in [1.54, 1.807) is 12.3 Å². The highest BCUT2D eigenvalue weighted by Crippen LogP contribution is 2.26. The Hall–Kier alpha value is -1.26. The summed E-state index contributed by atoms with van der Waals surface area (Å²) in [4.78, 5) is 2.02. The first kappa shape index (κ1) is 12.2. The summed E-state index contributed by atoms with van der Waals surface area (Å²) in [5.74, 6) is 0.857. The van der Waals surface area contributed by atoms with Gasteiger partial charge in [0.1, 0.15) is 5.76 Å². The second-order valence-electron chi connectivity index (χ2n) is 3.44. The lowest BCUT2D eigenvalue weighted by Gasteiger charge is -2.22. The van der Waals surface area contributed by atoms with Crippen molar-refractivity contribution < 1.29 is 4.42 Å². The van der Waals surface area contributed by atoms with Crippen LogP contribution in [-0.4, -0.2) is 16.7 Å². The van der Waals surface area contributed by atoms with E-state index in [0.29, 0.717) is 16.9 Å². The Kier molecular flexibility index (Phi) is 3.86. The molecule has 0 radical (unpaired) electrons. The molecule has 6 heteroatoms. The van der Waals surface area contributed by atoms with E-state index in [1.807, 2.05) is 24.0 Å². The predicted octanol–water partition coefficient (Wildman–Crippen LogP) is 3.40. The van der Waals surface area contributed by atoms with Crippen LogP contribution < -0.4 is 4.90 Å². The summed E-state index contributed by atoms with van der Waals surface area (Å²) in [6.45, 7) is 3.40. The van der Waals surface area contributed by atoms with Crippen LogP contribution in [0.15, 0.2) is 28.9 Å². The van der Waals surface area contributed by atoms with Gasteiger partial charge in [-0.25, -0.2) is 0 Å². The highest BCUT2D eigenvalue weighted by Gasteiger charge is 2.13. The Labute approximate surface area is 109 Å². The van der Waals surface area contributed by atoms with Gasteiger partial charge < -0.3 is 9.32 Å². The van der Waals surface area contributed by atoms with Gasteiger partial charge in [0, 0.05) is 12.6 Å². The molecule has 0 spiro atoms. The van der Waals surface area contributed by atoms with Crippen LogP contribution in [-0.2, 0) is 6.54 Å². The first-order chi connectivity index (χ1) is 8.20. The molecule has 0 N–H and O–H groups in total. The lowest BCUT2D eigenvalue weighted by molar-refractivity contribution is 0.503. The van der Waals surface area contributed by atoms with Crippen LogP contribution in [0.5, 0.6) is 0 Å². The Morgan fingerprint density at radius 2 is 2.18 bits per heavy atom. The van der Waals surface area contributed by atoms with Crippen LogP contribution in [0.25, 0.3) is 0 Å². The molecule has 0 aromatic carbocycles. The summed E-state index contributed by atoms with van der Waals surface area (Å²) in [7, 11) is 0. The van der Waals surface area contributed by atoms with Gasteiger partial charge in [0.15, 0.2) is 10.3 Å². The predicted molar refractivity (Wildman–Crippen MR) is 67.5 cm³/mol. The number of anilines is 1. The third kappa shape index (κ3) is 2.90. The first-order valence-electron chi connectivity index (χ1n) is 5.16. The van der Waals surface area contributed by atoms with Crippen molar-refractivity contribution in [2.24, 2.45) is 0 Å². The Morgan fingerprint density at radius 1 is 1.35 bits per heavy atom. The molecule has 17 heavy (non-hydrogen) atoms. The fourth-order valence-electron chi connectivity index (χ4n) is 1.52. The Balaban J connectivity index is 2.25. The SMILES string of the molecule is CCN(Cc1ccco1)c1cc(Cl)nnc1Cl. The second-order valence-corrected chi connectivity index (χ2v) is 4.18. The molecular formula is C11H11Cl2N3O. The van der Waals surface area contributed by atoms with Crippen LogP contribution in [0.2, 0.25) is 10.3 Å². The number of hydrogen-bond donors (Lipinski definition) is 0. The van der Waals surface area contributed by atoms with Crippen molar-refractivity contribution in [1.82, 2.24) is 10.2 Å². The van der Waals surface area contributed by atoms with Crippen LogP contribution in [0.4, 0.5) is 5.69 Å². The molecule has 0 aliphatic heterocycles. The lowest BCUT2D eigenvalue weighted by Crippen LogP contribution is -2.22. The van der Waals surface area contributed by atoms with Gasteiger partial charge in [0.05, 0.1) is 18.5 Å². The largest absolute Gasteiger partial charge is 0.467 e. The monoisotopic (exact) mass is 271 g/mol. The minimum Gasteiger partial charge on any atom is -0.467 e. The fourth-order valence-corrected chi connectivity index (χ4v) is 1.88. The van der Waals surface area contributed by atoms with Crippen molar-refractivity contribution in [2.45, 2.75) is 13.5 Å². The molecule has 0 atom stereocenters. The molecule has 0 amide bonds. The summed E-state index contributed by atoms with van der Waals surface area (Å²) in [6, 6.07) is 5.46. The topological polar surface area (TPSA) is 42.2 Å². The fraction of sp³-hybridized carbons (Fsp3) is 0.273. The third-order valence-corrected chi connectivity index (χ3v) is 2.80. The summed E-state index contributed by atoms with van der Waals surface area (Å²) in [5.41, 5.74) is 0.755. The van der Waals surface area contributed by atoms with E-state index in [0.717, 1.165) is 18.0 Å².